The monoisotopic (exact) mass is 332 g/mol. The summed E-state index contributed by atoms with van der Waals surface area (Å²) in [4.78, 5) is 14.3. The first-order valence-corrected chi connectivity index (χ1v) is 9.50. The van der Waals surface area contributed by atoms with Crippen LogP contribution in [0.2, 0.25) is 0 Å². The van der Waals surface area contributed by atoms with Crippen LogP contribution in [0.3, 0.4) is 0 Å². The van der Waals surface area contributed by atoms with Crippen molar-refractivity contribution >= 4 is 25.6 Å². The summed E-state index contributed by atoms with van der Waals surface area (Å²) < 4.78 is 24.9. The molecule has 1 unspecified atom stereocenters. The normalized spacial score (nSPS) is 17.3. The Morgan fingerprint density at radius 2 is 2.14 bits per heavy atom. The van der Waals surface area contributed by atoms with E-state index in [1.807, 2.05) is 13.8 Å². The van der Waals surface area contributed by atoms with Crippen molar-refractivity contribution in [1.29, 1.82) is 0 Å². The first kappa shape index (κ1) is 16.4. The van der Waals surface area contributed by atoms with Crippen molar-refractivity contribution in [2.75, 3.05) is 7.05 Å². The van der Waals surface area contributed by atoms with Gasteiger partial charge in [0.15, 0.2) is 0 Å². The Hall–Kier alpha value is -1.01. The van der Waals surface area contributed by atoms with Crippen molar-refractivity contribution in [2.45, 2.75) is 56.5 Å². The minimum atomic E-state index is -3.83. The third-order valence-electron chi connectivity index (χ3n) is 4.36. The van der Waals surface area contributed by atoms with Gasteiger partial charge in [0.2, 0.25) is 0 Å². The Labute approximate surface area is 130 Å². The predicted molar refractivity (Wildman–Crippen MR) is 82.2 cm³/mol. The van der Waals surface area contributed by atoms with E-state index >= 15 is 0 Å². The number of aromatic nitrogens is 1. The second kappa shape index (κ2) is 6.01. The van der Waals surface area contributed by atoms with Gasteiger partial charge >= 0.3 is 0 Å². The van der Waals surface area contributed by atoms with Crippen LogP contribution in [-0.2, 0) is 9.05 Å². The molecule has 0 bridgehead atoms. The summed E-state index contributed by atoms with van der Waals surface area (Å²) in [6, 6.07) is 1.68. The maximum absolute atomic E-state index is 12.6. The molecule has 0 N–H and O–H groups in total. The Kier molecular flexibility index (Phi) is 4.68. The minimum absolute atomic E-state index is 0.00281. The molecule has 0 radical (unpaired) electrons. The number of carbonyl (C=O) groups is 1. The summed E-state index contributed by atoms with van der Waals surface area (Å²) in [7, 11) is 3.33. The van der Waals surface area contributed by atoms with Gasteiger partial charge in [-0.2, -0.15) is 0 Å². The summed E-state index contributed by atoms with van der Waals surface area (Å²) in [5.41, 5.74) is 0.404. The van der Waals surface area contributed by atoms with E-state index in [4.69, 9.17) is 10.7 Å². The van der Waals surface area contributed by atoms with E-state index in [1.54, 1.807) is 16.5 Å². The molecule has 0 aliphatic heterocycles. The van der Waals surface area contributed by atoms with Crippen LogP contribution in [-0.4, -0.2) is 36.9 Å². The molecular weight excluding hydrogens is 312 g/mol. The molecule has 21 heavy (non-hydrogen) atoms. The summed E-state index contributed by atoms with van der Waals surface area (Å²) >= 11 is 0. The lowest BCUT2D eigenvalue weighted by molar-refractivity contribution is 0.0723. The van der Waals surface area contributed by atoms with Crippen molar-refractivity contribution in [3.05, 3.63) is 18.0 Å². The van der Waals surface area contributed by atoms with Gasteiger partial charge in [-0.3, -0.25) is 4.79 Å². The molecule has 7 heteroatoms. The van der Waals surface area contributed by atoms with Gasteiger partial charge in [0.05, 0.1) is 0 Å². The first-order valence-electron chi connectivity index (χ1n) is 7.19. The highest BCUT2D eigenvalue weighted by Crippen LogP contribution is 2.35. The van der Waals surface area contributed by atoms with Gasteiger partial charge in [-0.1, -0.05) is 6.92 Å². The molecule has 1 atom stereocenters. The quantitative estimate of drug-likeness (QED) is 0.779. The molecular formula is C14H21ClN2O3S. The fourth-order valence-corrected chi connectivity index (χ4v) is 3.13. The third-order valence-corrected chi connectivity index (χ3v) is 5.69. The molecule has 1 aromatic rings. The van der Waals surface area contributed by atoms with Gasteiger partial charge in [0.1, 0.15) is 10.6 Å². The fourth-order valence-electron chi connectivity index (χ4n) is 2.38. The SMILES string of the molecule is CCC(C)N(C)C(=O)c1cc(S(=O)(=O)Cl)cn1C1CCC1. The number of hydrogen-bond acceptors (Lipinski definition) is 3. The van der Waals surface area contributed by atoms with Crippen LogP contribution in [0.25, 0.3) is 0 Å². The van der Waals surface area contributed by atoms with Crippen LogP contribution in [0.4, 0.5) is 0 Å². The Balaban J connectivity index is 2.41. The van der Waals surface area contributed by atoms with Gasteiger partial charge in [-0.25, -0.2) is 8.42 Å². The van der Waals surface area contributed by atoms with E-state index in [-0.39, 0.29) is 22.9 Å². The van der Waals surface area contributed by atoms with Crippen molar-refractivity contribution < 1.29 is 13.2 Å². The maximum atomic E-state index is 12.6. The van der Waals surface area contributed by atoms with Gasteiger partial charge in [0.25, 0.3) is 15.0 Å². The van der Waals surface area contributed by atoms with Gasteiger partial charge < -0.3 is 9.47 Å². The van der Waals surface area contributed by atoms with E-state index in [0.717, 1.165) is 25.7 Å². The van der Waals surface area contributed by atoms with Crippen LogP contribution < -0.4 is 0 Å². The van der Waals surface area contributed by atoms with Crippen LogP contribution >= 0.6 is 10.7 Å². The van der Waals surface area contributed by atoms with Gasteiger partial charge in [0, 0.05) is 36.0 Å². The molecule has 1 aromatic heterocycles. The van der Waals surface area contributed by atoms with E-state index in [1.165, 1.54) is 12.3 Å². The molecule has 2 rings (SSSR count). The highest BCUT2D eigenvalue weighted by molar-refractivity contribution is 8.13. The highest BCUT2D eigenvalue weighted by atomic mass is 35.7. The van der Waals surface area contributed by atoms with Crippen LogP contribution in [0, 0.1) is 0 Å². The molecule has 0 spiro atoms. The standard InChI is InChI=1S/C14H21ClN2O3S/c1-4-10(2)16(3)14(18)13-8-12(21(15,19)20)9-17(13)11-6-5-7-11/h8-11H,4-7H2,1-3H3. The van der Waals surface area contributed by atoms with Crippen LogP contribution in [0.1, 0.15) is 56.1 Å². The smallest absolute Gasteiger partial charge is 0.270 e. The lowest BCUT2D eigenvalue weighted by Gasteiger charge is -2.30. The topological polar surface area (TPSA) is 59.4 Å². The number of halogens is 1. The average molecular weight is 333 g/mol. The lowest BCUT2D eigenvalue weighted by atomic mass is 9.93. The fraction of sp³-hybridized carbons (Fsp3) is 0.643. The Morgan fingerprint density at radius 3 is 2.57 bits per heavy atom. The molecule has 1 aliphatic carbocycles. The molecule has 1 saturated carbocycles. The molecule has 1 aliphatic rings. The summed E-state index contributed by atoms with van der Waals surface area (Å²) in [6.45, 7) is 3.97. The lowest BCUT2D eigenvalue weighted by Crippen LogP contribution is -2.36. The zero-order chi connectivity index (χ0) is 15.8. The first-order chi connectivity index (χ1) is 9.75. The van der Waals surface area contributed by atoms with Crippen molar-refractivity contribution in [3.8, 4) is 0 Å². The van der Waals surface area contributed by atoms with Crippen LogP contribution in [0.15, 0.2) is 17.2 Å². The van der Waals surface area contributed by atoms with Crippen molar-refractivity contribution in [2.24, 2.45) is 0 Å². The zero-order valence-corrected chi connectivity index (χ0v) is 14.1. The molecule has 1 amide bonds. The predicted octanol–water partition coefficient (Wildman–Crippen LogP) is 3.01. The Morgan fingerprint density at radius 1 is 1.52 bits per heavy atom. The Bertz CT molecular complexity index is 635. The highest BCUT2D eigenvalue weighted by Gasteiger charge is 2.29. The number of amides is 1. The molecule has 5 nitrogen and oxygen atoms in total. The second-order valence-corrected chi connectivity index (χ2v) is 8.23. The van der Waals surface area contributed by atoms with Gasteiger partial charge in [-0.05, 0) is 38.7 Å². The molecule has 1 fully saturated rings. The largest absolute Gasteiger partial charge is 0.339 e. The number of carbonyl (C=O) groups excluding carboxylic acids is 1. The third kappa shape index (κ3) is 3.26. The molecule has 0 saturated heterocycles. The summed E-state index contributed by atoms with van der Waals surface area (Å²) in [5, 5.41) is 0. The molecule has 1 heterocycles. The van der Waals surface area contributed by atoms with E-state index in [0.29, 0.717) is 5.69 Å². The average Bonchev–Trinajstić information content (AvgIpc) is 2.78. The van der Waals surface area contributed by atoms with Crippen LogP contribution in [0.5, 0.6) is 0 Å². The zero-order valence-electron chi connectivity index (χ0n) is 12.5. The minimum Gasteiger partial charge on any atom is -0.339 e. The second-order valence-electron chi connectivity index (χ2n) is 5.66. The number of nitrogens with zero attached hydrogens (tertiary/aromatic N) is 2. The summed E-state index contributed by atoms with van der Waals surface area (Å²) in [5.74, 6) is -0.164. The maximum Gasteiger partial charge on any atom is 0.270 e. The van der Waals surface area contributed by atoms with E-state index < -0.39 is 9.05 Å². The van der Waals surface area contributed by atoms with Crippen molar-refractivity contribution in [1.82, 2.24) is 9.47 Å². The number of rotatable bonds is 5. The number of hydrogen-bond donors (Lipinski definition) is 0. The van der Waals surface area contributed by atoms with Crippen molar-refractivity contribution in [3.63, 3.8) is 0 Å². The van der Waals surface area contributed by atoms with E-state index in [2.05, 4.69) is 0 Å². The van der Waals surface area contributed by atoms with E-state index in [9.17, 15) is 13.2 Å². The summed E-state index contributed by atoms with van der Waals surface area (Å²) in [6.07, 6.45) is 5.35. The molecule has 118 valence electrons. The van der Waals surface area contributed by atoms with Gasteiger partial charge in [-0.15, -0.1) is 0 Å². The molecule has 0 aromatic carbocycles.